The number of piperazine rings is 1. The largest absolute Gasteiger partial charge is 0.340 e. The first-order chi connectivity index (χ1) is 8.79. The van der Waals surface area contributed by atoms with E-state index in [4.69, 9.17) is 5.73 Å². The quantitative estimate of drug-likeness (QED) is 0.858. The molecule has 0 saturated carbocycles. The van der Waals surface area contributed by atoms with Gasteiger partial charge in [-0.2, -0.15) is 0 Å². The van der Waals surface area contributed by atoms with Crippen LogP contribution in [0.1, 0.15) is 11.3 Å². The summed E-state index contributed by atoms with van der Waals surface area (Å²) in [5, 5.41) is 2.02. The SMILES string of the molecule is NCCCN1CCN(C(=O)Cc2cccs2)CC1. The van der Waals surface area contributed by atoms with Crippen LogP contribution in [0.5, 0.6) is 0 Å². The van der Waals surface area contributed by atoms with Gasteiger partial charge >= 0.3 is 0 Å². The van der Waals surface area contributed by atoms with E-state index in [1.165, 1.54) is 0 Å². The first-order valence-corrected chi connectivity index (χ1v) is 7.40. The molecule has 0 spiro atoms. The number of hydrogen-bond donors (Lipinski definition) is 1. The van der Waals surface area contributed by atoms with E-state index < -0.39 is 0 Å². The second-order valence-electron chi connectivity index (χ2n) is 4.62. The van der Waals surface area contributed by atoms with Crippen LogP contribution >= 0.6 is 11.3 Å². The first-order valence-electron chi connectivity index (χ1n) is 6.52. The Labute approximate surface area is 112 Å². The number of nitrogens with zero attached hydrogens (tertiary/aromatic N) is 2. The maximum atomic E-state index is 12.1. The maximum absolute atomic E-state index is 12.1. The molecule has 0 atom stereocenters. The normalized spacial score (nSPS) is 17.1. The lowest BCUT2D eigenvalue weighted by molar-refractivity contribution is -0.132. The molecule has 2 heterocycles. The molecule has 1 aromatic rings. The van der Waals surface area contributed by atoms with Gasteiger partial charge in [-0.05, 0) is 31.0 Å². The second-order valence-corrected chi connectivity index (χ2v) is 5.65. The van der Waals surface area contributed by atoms with Crippen LogP contribution in [0.15, 0.2) is 17.5 Å². The van der Waals surface area contributed by atoms with E-state index >= 15 is 0 Å². The second kappa shape index (κ2) is 6.87. The Morgan fingerprint density at radius 2 is 2.11 bits per heavy atom. The van der Waals surface area contributed by atoms with E-state index in [0.717, 1.165) is 50.6 Å². The molecule has 0 unspecified atom stereocenters. The van der Waals surface area contributed by atoms with Crippen molar-refractivity contribution in [3.05, 3.63) is 22.4 Å². The lowest BCUT2D eigenvalue weighted by Crippen LogP contribution is -2.49. The van der Waals surface area contributed by atoms with E-state index in [0.29, 0.717) is 6.42 Å². The van der Waals surface area contributed by atoms with Gasteiger partial charge in [0.15, 0.2) is 0 Å². The van der Waals surface area contributed by atoms with E-state index in [1.807, 2.05) is 22.4 Å². The van der Waals surface area contributed by atoms with Crippen molar-refractivity contribution in [2.45, 2.75) is 12.8 Å². The van der Waals surface area contributed by atoms with E-state index in [2.05, 4.69) is 4.90 Å². The highest BCUT2D eigenvalue weighted by atomic mass is 32.1. The topological polar surface area (TPSA) is 49.6 Å². The van der Waals surface area contributed by atoms with Gasteiger partial charge in [0.25, 0.3) is 0 Å². The molecule has 1 aliphatic heterocycles. The highest BCUT2D eigenvalue weighted by Gasteiger charge is 2.20. The van der Waals surface area contributed by atoms with E-state index in [1.54, 1.807) is 11.3 Å². The number of amides is 1. The van der Waals surface area contributed by atoms with Crippen LogP contribution in [-0.2, 0) is 11.2 Å². The zero-order valence-electron chi connectivity index (χ0n) is 10.7. The lowest BCUT2D eigenvalue weighted by Gasteiger charge is -2.34. The monoisotopic (exact) mass is 267 g/mol. The third kappa shape index (κ3) is 3.80. The van der Waals surface area contributed by atoms with Crippen molar-refractivity contribution in [2.24, 2.45) is 5.73 Å². The minimum atomic E-state index is 0.260. The smallest absolute Gasteiger partial charge is 0.227 e. The van der Waals surface area contributed by atoms with Gasteiger partial charge in [-0.15, -0.1) is 11.3 Å². The Hall–Kier alpha value is -0.910. The number of carbonyl (C=O) groups is 1. The van der Waals surface area contributed by atoms with Gasteiger partial charge in [0.1, 0.15) is 0 Å². The molecule has 4 nitrogen and oxygen atoms in total. The van der Waals surface area contributed by atoms with Crippen molar-refractivity contribution in [1.82, 2.24) is 9.80 Å². The van der Waals surface area contributed by atoms with Gasteiger partial charge in [0, 0.05) is 31.1 Å². The molecule has 1 saturated heterocycles. The zero-order chi connectivity index (χ0) is 12.8. The third-order valence-corrected chi connectivity index (χ3v) is 4.19. The Morgan fingerprint density at radius 1 is 1.33 bits per heavy atom. The van der Waals surface area contributed by atoms with E-state index in [9.17, 15) is 4.79 Å². The van der Waals surface area contributed by atoms with Gasteiger partial charge in [-0.3, -0.25) is 9.69 Å². The summed E-state index contributed by atoms with van der Waals surface area (Å²) in [5.74, 6) is 0.260. The van der Waals surface area contributed by atoms with Gasteiger partial charge in [0.2, 0.25) is 5.91 Å². The number of rotatable bonds is 5. The van der Waals surface area contributed by atoms with Crippen LogP contribution in [0.4, 0.5) is 0 Å². The highest BCUT2D eigenvalue weighted by Crippen LogP contribution is 2.12. The Bertz CT molecular complexity index is 358. The summed E-state index contributed by atoms with van der Waals surface area (Å²) >= 11 is 1.66. The predicted molar refractivity (Wildman–Crippen MR) is 74.7 cm³/mol. The zero-order valence-corrected chi connectivity index (χ0v) is 11.5. The summed E-state index contributed by atoms with van der Waals surface area (Å²) in [6, 6.07) is 4.03. The Morgan fingerprint density at radius 3 is 2.72 bits per heavy atom. The third-order valence-electron chi connectivity index (χ3n) is 3.31. The summed E-state index contributed by atoms with van der Waals surface area (Å²) < 4.78 is 0. The fourth-order valence-electron chi connectivity index (χ4n) is 2.21. The molecule has 1 aromatic heterocycles. The number of carbonyl (C=O) groups excluding carboxylic acids is 1. The standard InChI is InChI=1S/C13H21N3OS/c14-4-2-5-15-6-8-16(9-7-15)13(17)11-12-3-1-10-18-12/h1,3,10H,2,4-9,11,14H2. The number of hydrogen-bond acceptors (Lipinski definition) is 4. The van der Waals surface area contributed by atoms with Gasteiger partial charge in [-0.25, -0.2) is 0 Å². The molecule has 1 amide bonds. The summed E-state index contributed by atoms with van der Waals surface area (Å²) in [5.41, 5.74) is 5.51. The average molecular weight is 267 g/mol. The summed E-state index contributed by atoms with van der Waals surface area (Å²) in [7, 11) is 0. The molecule has 0 bridgehead atoms. The average Bonchev–Trinajstić information content (AvgIpc) is 2.89. The minimum Gasteiger partial charge on any atom is -0.340 e. The molecule has 2 rings (SSSR count). The molecule has 1 aliphatic rings. The minimum absolute atomic E-state index is 0.260. The van der Waals surface area contributed by atoms with Gasteiger partial charge in [-0.1, -0.05) is 6.07 Å². The van der Waals surface area contributed by atoms with Crippen molar-refractivity contribution in [3.63, 3.8) is 0 Å². The highest BCUT2D eigenvalue weighted by molar-refractivity contribution is 7.10. The number of thiophene rings is 1. The van der Waals surface area contributed by atoms with Crippen LogP contribution in [-0.4, -0.2) is 55.0 Å². The summed E-state index contributed by atoms with van der Waals surface area (Å²) in [6.45, 7) is 5.48. The van der Waals surface area contributed by atoms with Crippen molar-refractivity contribution < 1.29 is 4.79 Å². The predicted octanol–water partition coefficient (Wildman–Crippen LogP) is 0.784. The van der Waals surface area contributed by atoms with Crippen LogP contribution in [0.2, 0.25) is 0 Å². The van der Waals surface area contributed by atoms with E-state index in [-0.39, 0.29) is 5.91 Å². The van der Waals surface area contributed by atoms with Crippen molar-refractivity contribution >= 4 is 17.2 Å². The van der Waals surface area contributed by atoms with Gasteiger partial charge in [0.05, 0.1) is 6.42 Å². The van der Waals surface area contributed by atoms with Crippen LogP contribution in [0.3, 0.4) is 0 Å². The van der Waals surface area contributed by atoms with Crippen LogP contribution in [0, 0.1) is 0 Å². The molecule has 2 N–H and O–H groups in total. The molecule has 0 aliphatic carbocycles. The fraction of sp³-hybridized carbons (Fsp3) is 0.615. The fourth-order valence-corrected chi connectivity index (χ4v) is 2.91. The molecule has 100 valence electrons. The Balaban J connectivity index is 1.73. The molecule has 0 radical (unpaired) electrons. The Kier molecular flexibility index (Phi) is 5.16. The maximum Gasteiger partial charge on any atom is 0.227 e. The molecule has 1 fully saturated rings. The molecule has 18 heavy (non-hydrogen) atoms. The van der Waals surface area contributed by atoms with Crippen molar-refractivity contribution in [1.29, 1.82) is 0 Å². The van der Waals surface area contributed by atoms with Crippen molar-refractivity contribution in [2.75, 3.05) is 39.3 Å². The summed E-state index contributed by atoms with van der Waals surface area (Å²) in [6.07, 6.45) is 1.60. The summed E-state index contributed by atoms with van der Waals surface area (Å²) in [4.78, 5) is 17.6. The lowest BCUT2D eigenvalue weighted by atomic mass is 10.2. The first kappa shape index (κ1) is 13.5. The molecule has 5 heteroatoms. The van der Waals surface area contributed by atoms with Crippen molar-refractivity contribution in [3.8, 4) is 0 Å². The van der Waals surface area contributed by atoms with Crippen LogP contribution < -0.4 is 5.73 Å². The molecular weight excluding hydrogens is 246 g/mol. The van der Waals surface area contributed by atoms with Crippen LogP contribution in [0.25, 0.3) is 0 Å². The number of nitrogens with two attached hydrogens (primary N) is 1. The molecular formula is C13H21N3OS. The molecule has 0 aromatic carbocycles. The van der Waals surface area contributed by atoms with Gasteiger partial charge < -0.3 is 10.6 Å².